The Balaban J connectivity index is 2.03. The van der Waals surface area contributed by atoms with E-state index in [2.05, 4.69) is 10.3 Å². The number of halogens is 2. The smallest absolute Gasteiger partial charge is 0.293 e. The van der Waals surface area contributed by atoms with Gasteiger partial charge in [0.1, 0.15) is 17.3 Å². The van der Waals surface area contributed by atoms with Crippen molar-refractivity contribution < 1.29 is 23.9 Å². The molecule has 4 N–H and O–H groups in total. The molecular weight excluding hydrogens is 370 g/mol. The molecule has 0 aliphatic rings. The van der Waals surface area contributed by atoms with Crippen LogP contribution in [0.1, 0.15) is 28.5 Å². The number of nitrogens with zero attached hydrogens (tertiary/aromatic N) is 2. The molecule has 9 heteroatoms. The van der Waals surface area contributed by atoms with Crippen molar-refractivity contribution in [2.45, 2.75) is 26.1 Å². The minimum atomic E-state index is -0.767. The number of pyridine rings is 1. The number of rotatable bonds is 7. The standard InChI is InChI=1S/C19H20F2N4O3/c1-11(10-26)22-6-13-9-25(8-12-2-3-14(20)4-16(12)21)18-5-17(19(27)24-28)23-7-15(13)18/h2-5,7,9,11,22,26,28H,6,8,10H2,1H3,(H,24,27). The molecule has 1 atom stereocenters. The van der Waals surface area contributed by atoms with E-state index in [1.165, 1.54) is 29.9 Å². The fourth-order valence-electron chi connectivity index (χ4n) is 2.89. The number of aliphatic hydroxyl groups excluding tert-OH is 1. The second kappa shape index (κ2) is 8.42. The average molecular weight is 390 g/mol. The van der Waals surface area contributed by atoms with Gasteiger partial charge >= 0.3 is 0 Å². The Kier molecular flexibility index (Phi) is 5.98. The highest BCUT2D eigenvalue weighted by atomic mass is 19.1. The van der Waals surface area contributed by atoms with E-state index in [0.717, 1.165) is 17.0 Å². The van der Waals surface area contributed by atoms with Crippen molar-refractivity contribution in [1.29, 1.82) is 0 Å². The van der Waals surface area contributed by atoms with E-state index in [0.29, 0.717) is 12.1 Å². The second-order valence-corrected chi connectivity index (χ2v) is 6.51. The van der Waals surface area contributed by atoms with Crippen LogP contribution in [-0.2, 0) is 13.1 Å². The predicted molar refractivity (Wildman–Crippen MR) is 97.8 cm³/mol. The molecule has 0 aliphatic carbocycles. The van der Waals surface area contributed by atoms with Crippen molar-refractivity contribution in [3.05, 3.63) is 65.1 Å². The van der Waals surface area contributed by atoms with Crippen LogP contribution in [0.4, 0.5) is 8.78 Å². The average Bonchev–Trinajstić information content (AvgIpc) is 3.04. The molecule has 3 rings (SSSR count). The molecule has 1 unspecified atom stereocenters. The first-order chi connectivity index (χ1) is 13.4. The predicted octanol–water partition coefficient (Wildman–Crippen LogP) is 1.95. The summed E-state index contributed by atoms with van der Waals surface area (Å²) in [5.41, 5.74) is 3.25. The summed E-state index contributed by atoms with van der Waals surface area (Å²) in [6, 6.07) is 4.73. The van der Waals surface area contributed by atoms with Crippen LogP contribution >= 0.6 is 0 Å². The maximum absolute atomic E-state index is 14.1. The largest absolute Gasteiger partial charge is 0.395 e. The SMILES string of the molecule is CC(CO)NCc1cn(Cc2ccc(F)cc2F)c2cc(C(=O)NO)ncc12. The van der Waals surface area contributed by atoms with E-state index >= 15 is 0 Å². The third kappa shape index (κ3) is 4.16. The molecule has 2 aromatic heterocycles. The number of hydrogen-bond donors (Lipinski definition) is 4. The lowest BCUT2D eigenvalue weighted by atomic mass is 10.2. The summed E-state index contributed by atoms with van der Waals surface area (Å²) in [5, 5.41) is 21.9. The second-order valence-electron chi connectivity index (χ2n) is 6.51. The molecule has 0 saturated heterocycles. The van der Waals surface area contributed by atoms with Gasteiger partial charge in [-0.15, -0.1) is 0 Å². The zero-order valence-corrected chi connectivity index (χ0v) is 15.1. The van der Waals surface area contributed by atoms with E-state index in [4.69, 9.17) is 5.21 Å². The van der Waals surface area contributed by atoms with Crippen LogP contribution in [0.5, 0.6) is 0 Å². The number of benzene rings is 1. The zero-order valence-electron chi connectivity index (χ0n) is 15.1. The highest BCUT2D eigenvalue weighted by molar-refractivity contribution is 5.95. The number of carbonyl (C=O) groups excluding carboxylic acids is 1. The number of hydrogen-bond acceptors (Lipinski definition) is 5. The molecule has 1 amide bonds. The lowest BCUT2D eigenvalue weighted by Crippen LogP contribution is -2.28. The Morgan fingerprint density at radius 1 is 1.29 bits per heavy atom. The van der Waals surface area contributed by atoms with Crippen LogP contribution in [0.2, 0.25) is 0 Å². The van der Waals surface area contributed by atoms with Crippen LogP contribution in [0.3, 0.4) is 0 Å². The van der Waals surface area contributed by atoms with E-state index in [1.54, 1.807) is 10.8 Å². The van der Waals surface area contributed by atoms with Crippen LogP contribution in [0, 0.1) is 11.6 Å². The molecule has 0 radical (unpaired) electrons. The first-order valence-electron chi connectivity index (χ1n) is 8.63. The summed E-state index contributed by atoms with van der Waals surface area (Å²) >= 11 is 0. The number of amides is 1. The molecule has 0 fully saturated rings. The lowest BCUT2D eigenvalue weighted by molar-refractivity contribution is 0.0701. The molecule has 3 aromatic rings. The Morgan fingerprint density at radius 2 is 2.07 bits per heavy atom. The first-order valence-corrected chi connectivity index (χ1v) is 8.63. The summed E-state index contributed by atoms with van der Waals surface area (Å²) < 4.78 is 29.0. The Hall–Kier alpha value is -2.88. The first kappa shape index (κ1) is 19.9. The van der Waals surface area contributed by atoms with Crippen molar-refractivity contribution in [1.82, 2.24) is 20.3 Å². The molecule has 2 heterocycles. The van der Waals surface area contributed by atoms with Gasteiger partial charge in [-0.2, -0.15) is 0 Å². The van der Waals surface area contributed by atoms with E-state index < -0.39 is 17.5 Å². The van der Waals surface area contributed by atoms with E-state index in [-0.39, 0.29) is 30.5 Å². The summed E-state index contributed by atoms with van der Waals surface area (Å²) in [4.78, 5) is 15.8. The number of aliphatic hydroxyl groups is 1. The van der Waals surface area contributed by atoms with Gasteiger partial charge in [-0.1, -0.05) is 6.07 Å². The van der Waals surface area contributed by atoms with Gasteiger partial charge < -0.3 is 15.0 Å². The van der Waals surface area contributed by atoms with Gasteiger partial charge in [0, 0.05) is 42.0 Å². The Morgan fingerprint density at radius 3 is 2.75 bits per heavy atom. The molecule has 0 saturated carbocycles. The monoisotopic (exact) mass is 390 g/mol. The summed E-state index contributed by atoms with van der Waals surface area (Å²) in [7, 11) is 0. The van der Waals surface area contributed by atoms with Crippen LogP contribution in [-0.4, -0.2) is 38.4 Å². The minimum absolute atomic E-state index is 0.00263. The lowest BCUT2D eigenvalue weighted by Gasteiger charge is -2.09. The van der Waals surface area contributed by atoms with Gasteiger partial charge in [0.2, 0.25) is 0 Å². The van der Waals surface area contributed by atoms with E-state index in [1.807, 2.05) is 6.92 Å². The van der Waals surface area contributed by atoms with Crippen LogP contribution in [0.25, 0.3) is 10.9 Å². The summed E-state index contributed by atoms with van der Waals surface area (Å²) in [6.07, 6.45) is 3.28. The third-order valence-electron chi connectivity index (χ3n) is 4.45. The van der Waals surface area contributed by atoms with Gasteiger partial charge in [0.25, 0.3) is 5.91 Å². The minimum Gasteiger partial charge on any atom is -0.395 e. The normalized spacial score (nSPS) is 12.3. The molecule has 1 aromatic carbocycles. The molecule has 148 valence electrons. The maximum Gasteiger partial charge on any atom is 0.293 e. The fraction of sp³-hybridized carbons (Fsp3) is 0.263. The van der Waals surface area contributed by atoms with Crippen molar-refractivity contribution in [2.24, 2.45) is 0 Å². The molecule has 0 aliphatic heterocycles. The summed E-state index contributed by atoms with van der Waals surface area (Å²) in [5.74, 6) is -2.10. The van der Waals surface area contributed by atoms with Gasteiger partial charge in [0.15, 0.2) is 0 Å². The number of aromatic nitrogens is 2. The van der Waals surface area contributed by atoms with Gasteiger partial charge in [0.05, 0.1) is 18.7 Å². The van der Waals surface area contributed by atoms with Crippen molar-refractivity contribution in [3.8, 4) is 0 Å². The molecular formula is C19H20F2N4O3. The molecule has 28 heavy (non-hydrogen) atoms. The number of carbonyl (C=O) groups is 1. The molecule has 0 bridgehead atoms. The van der Waals surface area contributed by atoms with Crippen molar-refractivity contribution >= 4 is 16.8 Å². The molecule has 7 nitrogen and oxygen atoms in total. The van der Waals surface area contributed by atoms with E-state index in [9.17, 15) is 18.7 Å². The van der Waals surface area contributed by atoms with Crippen LogP contribution in [0.15, 0.2) is 36.7 Å². The van der Waals surface area contributed by atoms with Gasteiger partial charge in [-0.3, -0.25) is 15.0 Å². The maximum atomic E-state index is 14.1. The fourth-order valence-corrected chi connectivity index (χ4v) is 2.89. The highest BCUT2D eigenvalue weighted by Gasteiger charge is 2.15. The molecule has 0 spiro atoms. The van der Waals surface area contributed by atoms with Gasteiger partial charge in [-0.25, -0.2) is 14.3 Å². The van der Waals surface area contributed by atoms with Crippen LogP contribution < -0.4 is 10.8 Å². The van der Waals surface area contributed by atoms with Crippen molar-refractivity contribution in [3.63, 3.8) is 0 Å². The van der Waals surface area contributed by atoms with Crippen molar-refractivity contribution in [2.75, 3.05) is 6.61 Å². The quantitative estimate of drug-likeness (QED) is 0.365. The zero-order chi connectivity index (χ0) is 20.3. The van der Waals surface area contributed by atoms with Gasteiger partial charge in [-0.05, 0) is 24.6 Å². The number of fused-ring (bicyclic) bond motifs is 1. The topological polar surface area (TPSA) is 99.4 Å². The Labute approximate surface area is 159 Å². The Bertz CT molecular complexity index is 1010. The number of nitrogens with one attached hydrogen (secondary N) is 2. The third-order valence-corrected chi connectivity index (χ3v) is 4.45. The highest BCUT2D eigenvalue weighted by Crippen LogP contribution is 2.24. The number of hydroxylamine groups is 1. The summed E-state index contributed by atoms with van der Waals surface area (Å²) in [6.45, 7) is 2.33.